The third-order valence-corrected chi connectivity index (χ3v) is 3.54. The fourth-order valence-electron chi connectivity index (χ4n) is 2.40. The van der Waals surface area contributed by atoms with Crippen LogP contribution in [0.3, 0.4) is 0 Å². The maximum Gasteiger partial charge on any atom is 0.145 e. The Morgan fingerprint density at radius 1 is 1.08 bits per heavy atom. The zero-order valence-corrected chi connectivity index (χ0v) is 13.2. The molecule has 3 aromatic rings. The third-order valence-electron chi connectivity index (χ3n) is 3.54. The van der Waals surface area contributed by atoms with Gasteiger partial charge in [-0.1, -0.05) is 12.1 Å². The summed E-state index contributed by atoms with van der Waals surface area (Å²) in [7, 11) is 1.62. The molecule has 0 radical (unpaired) electrons. The smallest absolute Gasteiger partial charge is 0.145 e. The average Bonchev–Trinajstić information content (AvgIpc) is 2.62. The van der Waals surface area contributed by atoms with Crippen molar-refractivity contribution in [3.63, 3.8) is 0 Å². The van der Waals surface area contributed by atoms with Crippen molar-refractivity contribution in [2.45, 2.75) is 6.42 Å². The SMILES string of the molecule is COc1ccc(Cc2ccncc2)nc1-c1cccc(NO)c1.O. The van der Waals surface area contributed by atoms with Gasteiger partial charge in [0.25, 0.3) is 0 Å². The van der Waals surface area contributed by atoms with Crippen molar-refractivity contribution >= 4 is 5.69 Å². The lowest BCUT2D eigenvalue weighted by atomic mass is 10.1. The van der Waals surface area contributed by atoms with E-state index in [-0.39, 0.29) is 5.48 Å². The van der Waals surface area contributed by atoms with Crippen LogP contribution in [0, 0.1) is 0 Å². The standard InChI is InChI=1S/C18H17N3O2.H2O/c1-23-17-6-5-15(11-13-7-9-19-10-8-13)20-18(17)14-3-2-4-16(12-14)21-22;/h2-10,12,21-22H,11H2,1H3;1H2. The van der Waals surface area contributed by atoms with Crippen LogP contribution in [0.5, 0.6) is 5.75 Å². The monoisotopic (exact) mass is 325 g/mol. The highest BCUT2D eigenvalue weighted by Crippen LogP contribution is 2.30. The molecule has 0 unspecified atom stereocenters. The predicted molar refractivity (Wildman–Crippen MR) is 92.3 cm³/mol. The summed E-state index contributed by atoms with van der Waals surface area (Å²) in [6.07, 6.45) is 4.27. The van der Waals surface area contributed by atoms with Crippen LogP contribution in [0.4, 0.5) is 5.69 Å². The molecule has 1 aromatic carbocycles. The van der Waals surface area contributed by atoms with Crippen molar-refractivity contribution in [1.29, 1.82) is 0 Å². The number of hydrogen-bond donors (Lipinski definition) is 2. The number of pyridine rings is 2. The van der Waals surface area contributed by atoms with Crippen LogP contribution < -0.4 is 10.2 Å². The van der Waals surface area contributed by atoms with E-state index in [2.05, 4.69) is 10.5 Å². The summed E-state index contributed by atoms with van der Waals surface area (Å²) in [5.74, 6) is 0.693. The summed E-state index contributed by atoms with van der Waals surface area (Å²) in [5.41, 5.74) is 6.46. The van der Waals surface area contributed by atoms with Crippen LogP contribution in [0.2, 0.25) is 0 Å². The zero-order valence-electron chi connectivity index (χ0n) is 13.2. The second kappa shape index (κ2) is 8.05. The van der Waals surface area contributed by atoms with Crippen molar-refractivity contribution in [2.24, 2.45) is 0 Å². The molecule has 2 heterocycles. The van der Waals surface area contributed by atoms with E-state index in [4.69, 9.17) is 14.9 Å². The number of ether oxygens (including phenoxy) is 1. The van der Waals surface area contributed by atoms with Crippen molar-refractivity contribution in [1.82, 2.24) is 9.97 Å². The van der Waals surface area contributed by atoms with Crippen LogP contribution in [-0.4, -0.2) is 27.8 Å². The predicted octanol–water partition coefficient (Wildman–Crippen LogP) is 2.72. The van der Waals surface area contributed by atoms with Gasteiger partial charge in [-0.25, -0.2) is 4.98 Å². The first-order valence-electron chi connectivity index (χ1n) is 7.23. The van der Waals surface area contributed by atoms with Crippen molar-refractivity contribution in [2.75, 3.05) is 12.6 Å². The Bertz CT molecular complexity index is 795. The second-order valence-corrected chi connectivity index (χ2v) is 5.08. The Labute approximate surface area is 140 Å². The van der Waals surface area contributed by atoms with E-state index < -0.39 is 0 Å². The highest BCUT2D eigenvalue weighted by atomic mass is 16.5. The molecule has 6 nitrogen and oxygen atoms in total. The van der Waals surface area contributed by atoms with E-state index in [9.17, 15) is 0 Å². The first kappa shape index (κ1) is 17.4. The van der Waals surface area contributed by atoms with E-state index in [1.165, 1.54) is 0 Å². The van der Waals surface area contributed by atoms with Crippen LogP contribution >= 0.6 is 0 Å². The summed E-state index contributed by atoms with van der Waals surface area (Å²) in [4.78, 5) is 8.76. The lowest BCUT2D eigenvalue weighted by molar-refractivity contribution is 0.389. The van der Waals surface area contributed by atoms with Crippen LogP contribution in [0.15, 0.2) is 60.9 Å². The molecule has 24 heavy (non-hydrogen) atoms. The molecular formula is C18H19N3O3. The Balaban J connectivity index is 0.00000208. The number of hydrogen-bond acceptors (Lipinski definition) is 5. The van der Waals surface area contributed by atoms with Gasteiger partial charge in [0.2, 0.25) is 0 Å². The van der Waals surface area contributed by atoms with Gasteiger partial charge >= 0.3 is 0 Å². The molecule has 0 bridgehead atoms. The topological polar surface area (TPSA) is 98.8 Å². The summed E-state index contributed by atoms with van der Waals surface area (Å²) >= 11 is 0. The van der Waals surface area contributed by atoms with E-state index in [1.807, 2.05) is 42.5 Å². The van der Waals surface area contributed by atoms with Crippen LogP contribution in [-0.2, 0) is 6.42 Å². The largest absolute Gasteiger partial charge is 0.494 e. The molecule has 0 atom stereocenters. The molecule has 0 aliphatic rings. The molecule has 4 N–H and O–H groups in total. The lowest BCUT2D eigenvalue weighted by Crippen LogP contribution is -1.98. The minimum atomic E-state index is 0. The van der Waals surface area contributed by atoms with Gasteiger partial charge in [0.15, 0.2) is 0 Å². The minimum Gasteiger partial charge on any atom is -0.494 e. The Morgan fingerprint density at radius 3 is 2.58 bits per heavy atom. The van der Waals surface area contributed by atoms with Gasteiger partial charge in [0.05, 0.1) is 12.8 Å². The molecule has 0 aliphatic heterocycles. The fraction of sp³-hybridized carbons (Fsp3) is 0.111. The normalized spacial score (nSPS) is 9.92. The van der Waals surface area contributed by atoms with Crippen molar-refractivity contribution in [3.05, 3.63) is 72.2 Å². The summed E-state index contributed by atoms with van der Waals surface area (Å²) < 4.78 is 5.42. The molecule has 2 aromatic heterocycles. The molecular weight excluding hydrogens is 306 g/mol. The van der Waals surface area contributed by atoms with Gasteiger partial charge in [0, 0.05) is 30.1 Å². The highest BCUT2D eigenvalue weighted by molar-refractivity contribution is 5.70. The third kappa shape index (κ3) is 3.87. The molecule has 0 saturated heterocycles. The highest BCUT2D eigenvalue weighted by Gasteiger charge is 2.10. The number of methoxy groups -OCH3 is 1. The number of nitrogens with zero attached hydrogens (tertiary/aromatic N) is 2. The van der Waals surface area contributed by atoms with Gasteiger partial charge in [-0.15, -0.1) is 0 Å². The maximum absolute atomic E-state index is 9.08. The first-order chi connectivity index (χ1) is 11.3. The number of nitrogens with one attached hydrogen (secondary N) is 1. The molecule has 0 aliphatic carbocycles. The van der Waals surface area contributed by atoms with Gasteiger partial charge < -0.3 is 10.2 Å². The van der Waals surface area contributed by atoms with E-state index in [1.54, 1.807) is 25.6 Å². The Morgan fingerprint density at radius 2 is 1.88 bits per heavy atom. The molecule has 0 spiro atoms. The maximum atomic E-state index is 9.08. The Hall–Kier alpha value is -2.96. The number of anilines is 1. The van der Waals surface area contributed by atoms with Gasteiger partial charge in [-0.3, -0.25) is 15.7 Å². The van der Waals surface area contributed by atoms with Crippen molar-refractivity contribution in [3.8, 4) is 17.0 Å². The van der Waals surface area contributed by atoms with Gasteiger partial charge in [0.1, 0.15) is 11.4 Å². The second-order valence-electron chi connectivity index (χ2n) is 5.08. The molecule has 0 fully saturated rings. The van der Waals surface area contributed by atoms with Crippen LogP contribution in [0.25, 0.3) is 11.3 Å². The number of benzene rings is 1. The van der Waals surface area contributed by atoms with Gasteiger partial charge in [-0.05, 0) is 42.0 Å². The fourth-order valence-corrected chi connectivity index (χ4v) is 2.40. The van der Waals surface area contributed by atoms with Gasteiger partial charge in [-0.2, -0.15) is 0 Å². The summed E-state index contributed by atoms with van der Waals surface area (Å²) in [5, 5.41) is 9.08. The summed E-state index contributed by atoms with van der Waals surface area (Å²) in [6.45, 7) is 0. The van der Waals surface area contributed by atoms with E-state index in [0.29, 0.717) is 11.4 Å². The quantitative estimate of drug-likeness (QED) is 0.703. The first-order valence-corrected chi connectivity index (χ1v) is 7.23. The minimum absolute atomic E-state index is 0. The summed E-state index contributed by atoms with van der Waals surface area (Å²) in [6, 6.07) is 15.2. The van der Waals surface area contributed by atoms with E-state index >= 15 is 0 Å². The number of rotatable bonds is 5. The van der Waals surface area contributed by atoms with E-state index in [0.717, 1.165) is 28.9 Å². The van der Waals surface area contributed by atoms with Crippen LogP contribution in [0.1, 0.15) is 11.3 Å². The molecule has 3 rings (SSSR count). The van der Waals surface area contributed by atoms with Crippen molar-refractivity contribution < 1.29 is 15.4 Å². The molecule has 0 saturated carbocycles. The zero-order chi connectivity index (χ0) is 16.1. The molecule has 6 heteroatoms. The molecule has 124 valence electrons. The number of aromatic nitrogens is 2. The lowest BCUT2D eigenvalue weighted by Gasteiger charge is -2.11. The molecule has 0 amide bonds. The Kier molecular flexibility index (Phi) is 5.83. The average molecular weight is 325 g/mol.